The van der Waals surface area contributed by atoms with Crippen LogP contribution in [0, 0.1) is 0 Å². The molecule has 0 aliphatic carbocycles. The maximum Gasteiger partial charge on any atom is 1.00 e. The molecule has 0 heterocycles. The molecule has 0 spiro atoms. The summed E-state index contributed by atoms with van der Waals surface area (Å²) in [7, 11) is 0. The summed E-state index contributed by atoms with van der Waals surface area (Å²) in [4.78, 5) is 0. The second kappa shape index (κ2) is 16.8. The maximum atomic E-state index is 0. The predicted octanol–water partition coefficient (Wildman–Crippen LogP) is -3.27. The zero-order chi connectivity index (χ0) is 0. The van der Waals surface area contributed by atoms with Crippen molar-refractivity contribution in [2.75, 3.05) is 0 Å². The minimum Gasteiger partial charge on any atom is -1.00 e. The van der Waals surface area contributed by atoms with Gasteiger partial charge in [0.25, 0.3) is 0 Å². The predicted molar refractivity (Wildman–Crippen MR) is 6.87 cm³/mol. The summed E-state index contributed by atoms with van der Waals surface area (Å²) in [5.41, 5.74) is 0. The normalized spacial score (nSPS) is 0. The molecule has 0 aromatic carbocycles. The molecule has 0 aromatic rings. The average Bonchev–Trinajstić information content (AvgIpc) is 0. The molecule has 0 rings (SSSR count). The average molecular weight is 209 g/mol. The molecule has 0 aliphatic heterocycles. The van der Waals surface area contributed by atoms with Crippen molar-refractivity contribution in [3.63, 3.8) is 0 Å². The van der Waals surface area contributed by atoms with E-state index in [1.165, 1.54) is 0 Å². The monoisotopic (exact) mass is 209 g/mol. The van der Waals surface area contributed by atoms with Gasteiger partial charge in [0.2, 0.25) is 0 Å². The van der Waals surface area contributed by atoms with Crippen LogP contribution in [0.25, 0.3) is 0 Å². The Morgan fingerprint density at radius 3 is 1.00 bits per heavy atom. The zero-order valence-corrected chi connectivity index (χ0v) is 9.41. The van der Waals surface area contributed by atoms with E-state index in [1.807, 2.05) is 0 Å². The van der Waals surface area contributed by atoms with E-state index in [1.54, 1.807) is 0 Å². The summed E-state index contributed by atoms with van der Waals surface area (Å²) < 4.78 is 0. The molecule has 0 saturated heterocycles. The van der Waals surface area contributed by atoms with Gasteiger partial charge in [-0.3, -0.25) is 0 Å². The van der Waals surface area contributed by atoms with E-state index in [0.29, 0.717) is 0 Å². The standard InChI is InChI=1S/B.2Fe.Rb.H/q;;;+1;-1. The van der Waals surface area contributed by atoms with Crippen LogP contribution in [-0.2, 0) is 34.1 Å². The van der Waals surface area contributed by atoms with Crippen molar-refractivity contribution in [3.05, 3.63) is 0 Å². The molecular formula is HBFe2Rb. The van der Waals surface area contributed by atoms with Crippen molar-refractivity contribution >= 4 is 8.41 Å². The Morgan fingerprint density at radius 1 is 1.00 bits per heavy atom. The van der Waals surface area contributed by atoms with E-state index in [0.717, 1.165) is 0 Å². The molecular weight excluding hydrogens is 208 g/mol. The fourth-order valence-electron chi connectivity index (χ4n) is 0. The summed E-state index contributed by atoms with van der Waals surface area (Å²) in [6.07, 6.45) is 0. The van der Waals surface area contributed by atoms with E-state index in [9.17, 15) is 0 Å². The first-order valence-corrected chi connectivity index (χ1v) is 0. The Balaban J connectivity index is 0. The van der Waals surface area contributed by atoms with Crippen molar-refractivity contribution in [1.29, 1.82) is 0 Å². The SMILES string of the molecule is [B].[Fe].[Fe].[H-].[Rb+]. The Bertz CT molecular complexity index is 9.61. The fraction of sp³-hybridized carbons (Fsp3) is 0. The summed E-state index contributed by atoms with van der Waals surface area (Å²) in [6, 6.07) is 0. The third-order valence-corrected chi connectivity index (χ3v) is 0. The first-order chi connectivity index (χ1) is 0. The maximum absolute atomic E-state index is 0. The molecule has 4 heavy (non-hydrogen) atoms. The van der Waals surface area contributed by atoms with Gasteiger partial charge in [-0.2, -0.15) is 0 Å². The van der Waals surface area contributed by atoms with Crippen molar-refractivity contribution in [2.45, 2.75) is 0 Å². The molecule has 0 aliphatic rings. The van der Waals surface area contributed by atoms with Gasteiger partial charge >= 0.3 is 58.2 Å². The number of hydrogen-bond donors (Lipinski definition) is 0. The Hall–Kier alpha value is 2.91. The molecule has 0 fully saturated rings. The Kier molecular flexibility index (Phi) is 120. The van der Waals surface area contributed by atoms with Crippen LogP contribution < -0.4 is 58.2 Å². The molecule has 21 valence electrons. The molecule has 0 atom stereocenters. The molecule has 0 aromatic heterocycles. The number of rotatable bonds is 0. The van der Waals surface area contributed by atoms with Crippen LogP contribution in [0.2, 0.25) is 0 Å². The van der Waals surface area contributed by atoms with Gasteiger partial charge in [-0.25, -0.2) is 0 Å². The molecule has 0 amide bonds. The molecule has 0 N–H and O–H groups in total. The molecule has 3 radical (unpaired) electrons. The van der Waals surface area contributed by atoms with Crippen molar-refractivity contribution in [1.82, 2.24) is 0 Å². The first kappa shape index (κ1) is 28.5. The van der Waals surface area contributed by atoms with Crippen molar-refractivity contribution < 1.29 is 93.8 Å². The van der Waals surface area contributed by atoms with Crippen LogP contribution in [0.15, 0.2) is 0 Å². The summed E-state index contributed by atoms with van der Waals surface area (Å²) in [5, 5.41) is 0. The van der Waals surface area contributed by atoms with Crippen LogP contribution in [0.5, 0.6) is 0 Å². The third kappa shape index (κ3) is 8.86. The van der Waals surface area contributed by atoms with Crippen molar-refractivity contribution in [3.8, 4) is 0 Å². The van der Waals surface area contributed by atoms with Crippen molar-refractivity contribution in [2.24, 2.45) is 0 Å². The smallest absolute Gasteiger partial charge is 1.00 e. The van der Waals surface area contributed by atoms with Crippen LogP contribution in [-0.4, -0.2) is 8.41 Å². The van der Waals surface area contributed by atoms with Gasteiger partial charge in [0.1, 0.15) is 0 Å². The van der Waals surface area contributed by atoms with Gasteiger partial charge in [0.05, 0.1) is 0 Å². The quantitative estimate of drug-likeness (QED) is 0.367. The van der Waals surface area contributed by atoms with Gasteiger partial charge in [-0.05, 0) is 0 Å². The second-order valence-corrected chi connectivity index (χ2v) is 0. The minimum absolute atomic E-state index is 0. The van der Waals surface area contributed by atoms with Crippen LogP contribution in [0.3, 0.4) is 0 Å². The van der Waals surface area contributed by atoms with Gasteiger partial charge < -0.3 is 1.43 Å². The Labute approximate surface area is 99.7 Å². The van der Waals surface area contributed by atoms with E-state index in [2.05, 4.69) is 0 Å². The topological polar surface area (TPSA) is 0 Å². The Morgan fingerprint density at radius 2 is 1.00 bits per heavy atom. The zero-order valence-electron chi connectivity index (χ0n) is 3.28. The fourth-order valence-corrected chi connectivity index (χ4v) is 0. The second-order valence-electron chi connectivity index (χ2n) is 0. The van der Waals surface area contributed by atoms with E-state index in [4.69, 9.17) is 0 Å². The van der Waals surface area contributed by atoms with Gasteiger partial charge in [0, 0.05) is 42.6 Å². The van der Waals surface area contributed by atoms with Gasteiger partial charge in [-0.15, -0.1) is 0 Å². The molecule has 4 heteroatoms. The summed E-state index contributed by atoms with van der Waals surface area (Å²) >= 11 is 0. The first-order valence-electron chi connectivity index (χ1n) is 0. The van der Waals surface area contributed by atoms with Crippen LogP contribution in [0.4, 0.5) is 0 Å². The summed E-state index contributed by atoms with van der Waals surface area (Å²) in [5.74, 6) is 0. The molecule has 0 saturated carbocycles. The molecule has 0 nitrogen and oxygen atoms in total. The minimum atomic E-state index is 0. The van der Waals surface area contributed by atoms with Gasteiger partial charge in [-0.1, -0.05) is 0 Å². The van der Waals surface area contributed by atoms with Gasteiger partial charge in [0.15, 0.2) is 0 Å². The van der Waals surface area contributed by atoms with Crippen LogP contribution in [0.1, 0.15) is 1.43 Å². The number of hydrogen-bond acceptors (Lipinski definition) is 0. The van der Waals surface area contributed by atoms with Crippen LogP contribution >= 0.6 is 0 Å². The van der Waals surface area contributed by atoms with E-state index >= 15 is 0 Å². The third-order valence-electron chi connectivity index (χ3n) is 0. The summed E-state index contributed by atoms with van der Waals surface area (Å²) in [6.45, 7) is 0. The largest absolute Gasteiger partial charge is 1.00 e. The van der Waals surface area contributed by atoms with E-state index in [-0.39, 0.29) is 102 Å². The molecule has 0 unspecified atom stereocenters. The van der Waals surface area contributed by atoms with E-state index < -0.39 is 0 Å². The molecule has 0 bridgehead atoms.